The maximum Gasteiger partial charge on any atom is 2.00 e. The molecule has 0 rings (SSSR count). The fourth-order valence-electron chi connectivity index (χ4n) is 1.93. The third-order valence-electron chi connectivity index (χ3n) is 4.09. The molecule has 14 heteroatoms. The summed E-state index contributed by atoms with van der Waals surface area (Å²) < 4.78 is 2.31. The molecule has 0 unspecified atom stereocenters. The van der Waals surface area contributed by atoms with Crippen LogP contribution in [0, 0.1) is 0 Å². The third-order valence-corrected chi connectivity index (χ3v) is 6.15. The normalized spacial score (nSPS) is 8.24. The standard InChI is InChI=1S/4C5H11NS2.2Zn/c4*1-3-6(4-2)5(7)8;;/h4*3-4H2,1-2H3,(H,7,8);;/q;;;;2*+2/p-4. The van der Waals surface area contributed by atoms with Crippen molar-refractivity contribution >= 4 is 117 Å². The van der Waals surface area contributed by atoms with Gasteiger partial charge in [0, 0.05) is 52.4 Å². The van der Waals surface area contributed by atoms with E-state index in [1.54, 1.807) is 0 Å². The summed E-state index contributed by atoms with van der Waals surface area (Å²) in [5, 5.41) is 0. The molecule has 0 fully saturated rings. The first-order chi connectivity index (χ1) is 14.9. The first kappa shape index (κ1) is 48.7. The van der Waals surface area contributed by atoms with Gasteiger partial charge in [-0.1, -0.05) is 17.3 Å². The predicted molar refractivity (Wildman–Crippen MR) is 172 cm³/mol. The zero-order chi connectivity index (χ0) is 26.3. The van der Waals surface area contributed by atoms with E-state index in [1.165, 1.54) is 0 Å². The van der Waals surface area contributed by atoms with Crippen LogP contribution in [-0.4, -0.2) is 89.2 Å². The average molecular weight is 724 g/mol. The molecule has 0 N–H and O–H groups in total. The van der Waals surface area contributed by atoms with Crippen LogP contribution in [0.3, 0.4) is 0 Å². The Bertz CT molecular complexity index is 413. The molecule has 0 atom stereocenters. The molecule has 0 saturated carbocycles. The molecule has 0 aromatic heterocycles. The Morgan fingerprint density at radius 1 is 0.382 bits per heavy atom. The van der Waals surface area contributed by atoms with Gasteiger partial charge < -0.3 is 119 Å². The Labute approximate surface area is 280 Å². The molecule has 4 nitrogen and oxygen atoms in total. The van der Waals surface area contributed by atoms with Gasteiger partial charge in [0.2, 0.25) is 0 Å². The van der Waals surface area contributed by atoms with Crippen molar-refractivity contribution < 1.29 is 39.0 Å². The van der Waals surface area contributed by atoms with Gasteiger partial charge in [-0.3, -0.25) is 0 Å². The van der Waals surface area contributed by atoms with Crippen LogP contribution >= 0.6 is 48.9 Å². The van der Waals surface area contributed by atoms with Crippen LogP contribution in [0.1, 0.15) is 55.4 Å². The molecule has 0 aliphatic carbocycles. The van der Waals surface area contributed by atoms with Crippen molar-refractivity contribution in [1.29, 1.82) is 0 Å². The molecular weight excluding hydrogens is 684 g/mol. The summed E-state index contributed by atoms with van der Waals surface area (Å²) in [6, 6.07) is 0. The van der Waals surface area contributed by atoms with Gasteiger partial charge >= 0.3 is 39.0 Å². The Balaban J connectivity index is -0.0000000754. The van der Waals surface area contributed by atoms with E-state index in [0.29, 0.717) is 17.3 Å². The van der Waals surface area contributed by atoms with E-state index in [0.717, 1.165) is 52.4 Å². The second-order valence-electron chi connectivity index (χ2n) is 5.75. The zero-order valence-electron chi connectivity index (χ0n) is 22.1. The molecule has 0 heterocycles. The zero-order valence-corrected chi connectivity index (χ0v) is 34.6. The van der Waals surface area contributed by atoms with Crippen LogP contribution in [0.4, 0.5) is 0 Å². The number of rotatable bonds is 8. The Hall–Kier alpha value is 1.69. The van der Waals surface area contributed by atoms with Gasteiger partial charge in [-0.25, -0.2) is 0 Å². The van der Waals surface area contributed by atoms with Gasteiger partial charge in [-0.2, -0.15) is 0 Å². The maximum atomic E-state index is 4.76. The Kier molecular flexibility index (Phi) is 49.7. The Morgan fingerprint density at radius 2 is 0.471 bits per heavy atom. The Morgan fingerprint density at radius 3 is 0.471 bits per heavy atom. The summed E-state index contributed by atoms with van der Waals surface area (Å²) in [4.78, 5) is 7.85. The van der Waals surface area contributed by atoms with Crippen molar-refractivity contribution in [3.05, 3.63) is 0 Å². The van der Waals surface area contributed by atoms with Crippen molar-refractivity contribution in [2.75, 3.05) is 52.4 Å². The molecule has 0 saturated heterocycles. The topological polar surface area (TPSA) is 13.0 Å². The molecule has 0 amide bonds. The smallest absolute Gasteiger partial charge is 0.411 e. The minimum Gasteiger partial charge on any atom is -0.411 e. The number of nitrogens with zero attached hydrogens (tertiary/aromatic N) is 4. The van der Waals surface area contributed by atoms with E-state index in [4.69, 9.17) is 99.4 Å². The van der Waals surface area contributed by atoms with Crippen LogP contribution in [0.25, 0.3) is 0 Å². The molecular formula is C20H40N4S8Zn2. The summed E-state index contributed by atoms with van der Waals surface area (Å²) in [5.41, 5.74) is 0. The second-order valence-corrected chi connectivity index (χ2v) is 9.88. The number of thiocarbonyl (C=S) groups is 4. The van der Waals surface area contributed by atoms with Crippen LogP contribution in [0.2, 0.25) is 0 Å². The largest absolute Gasteiger partial charge is 2.00 e. The number of hydrogen-bond donors (Lipinski definition) is 0. The van der Waals surface area contributed by atoms with Crippen molar-refractivity contribution in [3.8, 4) is 0 Å². The quantitative estimate of drug-likeness (QED) is 0.197. The summed E-state index contributed by atoms with van der Waals surface area (Å²) in [6.07, 6.45) is 0. The minimum atomic E-state index is 0. The van der Waals surface area contributed by atoms with Gasteiger partial charge in [0.05, 0.1) is 0 Å². The first-order valence-corrected chi connectivity index (χ1v) is 14.0. The fourth-order valence-corrected chi connectivity index (χ4v) is 3.99. The van der Waals surface area contributed by atoms with Crippen molar-refractivity contribution in [3.63, 3.8) is 0 Å². The van der Waals surface area contributed by atoms with Gasteiger partial charge in [-0.05, 0) is 55.4 Å². The average Bonchev–Trinajstić information content (AvgIpc) is 2.72. The van der Waals surface area contributed by atoms with Gasteiger partial charge in [-0.15, -0.1) is 0 Å². The fraction of sp³-hybridized carbons (Fsp3) is 0.800. The maximum absolute atomic E-state index is 4.76. The SMILES string of the molecule is CCN(CC)C(=S)[S-].CCN(CC)C(=S)[S-].CCN(CC)C(=S)[S-].CCN(CC)C(=S)[S-].[Zn+2].[Zn+2]. The van der Waals surface area contributed by atoms with E-state index in [1.807, 2.05) is 75.0 Å². The summed E-state index contributed by atoms with van der Waals surface area (Å²) in [6.45, 7) is 23.8. The molecule has 192 valence electrons. The molecule has 0 aromatic rings. The summed E-state index contributed by atoms with van der Waals surface area (Å²) in [7, 11) is 0. The van der Waals surface area contributed by atoms with Gasteiger partial charge in [0.15, 0.2) is 0 Å². The van der Waals surface area contributed by atoms with Gasteiger partial charge in [0.1, 0.15) is 0 Å². The van der Waals surface area contributed by atoms with E-state index < -0.39 is 0 Å². The molecule has 0 spiro atoms. The van der Waals surface area contributed by atoms with Crippen LogP contribution in [0.15, 0.2) is 0 Å². The minimum absolute atomic E-state index is 0. The van der Waals surface area contributed by atoms with Gasteiger partial charge in [0.25, 0.3) is 0 Å². The molecule has 0 aliphatic rings. The second kappa shape index (κ2) is 34.7. The first-order valence-electron chi connectivity index (χ1n) is 10.7. The third kappa shape index (κ3) is 31.7. The summed E-state index contributed by atoms with van der Waals surface area (Å²) >= 11 is 38.0. The number of hydrogen-bond acceptors (Lipinski definition) is 8. The van der Waals surface area contributed by atoms with Crippen LogP contribution in [0.5, 0.6) is 0 Å². The van der Waals surface area contributed by atoms with Crippen LogP contribution < -0.4 is 0 Å². The summed E-state index contributed by atoms with van der Waals surface area (Å²) in [5.74, 6) is 0. The molecule has 0 radical (unpaired) electrons. The predicted octanol–water partition coefficient (Wildman–Crippen LogP) is 4.64. The molecule has 34 heavy (non-hydrogen) atoms. The molecule has 0 bridgehead atoms. The van der Waals surface area contributed by atoms with E-state index in [2.05, 4.69) is 0 Å². The van der Waals surface area contributed by atoms with E-state index in [9.17, 15) is 0 Å². The van der Waals surface area contributed by atoms with E-state index in [-0.39, 0.29) is 39.0 Å². The van der Waals surface area contributed by atoms with Crippen molar-refractivity contribution in [1.82, 2.24) is 19.6 Å². The van der Waals surface area contributed by atoms with E-state index >= 15 is 0 Å². The van der Waals surface area contributed by atoms with Crippen molar-refractivity contribution in [2.45, 2.75) is 55.4 Å². The van der Waals surface area contributed by atoms with Crippen LogP contribution in [-0.2, 0) is 89.5 Å². The van der Waals surface area contributed by atoms with Crippen molar-refractivity contribution in [2.24, 2.45) is 0 Å². The molecule has 0 aromatic carbocycles. The molecule has 0 aliphatic heterocycles. The monoisotopic (exact) mass is 720 g/mol.